The smallest absolute Gasteiger partial charge is 0.333 e. The summed E-state index contributed by atoms with van der Waals surface area (Å²) in [5.41, 5.74) is 1.82. The largest absolute Gasteiger partial charge is 0.466 e. The van der Waals surface area contributed by atoms with E-state index in [1.807, 2.05) is 39.8 Å². The first-order chi connectivity index (χ1) is 12.6. The highest BCUT2D eigenvalue weighted by Gasteiger charge is 2.62. The molecule has 0 aliphatic heterocycles. The Morgan fingerprint density at radius 1 is 1.26 bits per heavy atom. The van der Waals surface area contributed by atoms with Gasteiger partial charge in [-0.05, 0) is 43.6 Å². The van der Waals surface area contributed by atoms with Crippen molar-refractivity contribution in [2.24, 2.45) is 17.3 Å². The van der Waals surface area contributed by atoms with Crippen molar-refractivity contribution in [2.45, 2.75) is 60.0 Å². The van der Waals surface area contributed by atoms with E-state index in [0.29, 0.717) is 12.0 Å². The lowest BCUT2D eigenvalue weighted by atomic mass is 10.1. The van der Waals surface area contributed by atoms with Gasteiger partial charge in [-0.3, -0.25) is 9.59 Å². The number of rotatable bonds is 7. The average molecular weight is 374 g/mol. The molecule has 3 atom stereocenters. The topological polar surface area (TPSA) is 69.7 Å². The van der Waals surface area contributed by atoms with Gasteiger partial charge in [0.2, 0.25) is 0 Å². The van der Waals surface area contributed by atoms with Crippen LogP contribution in [0.25, 0.3) is 0 Å². The summed E-state index contributed by atoms with van der Waals surface area (Å²) in [6.07, 6.45) is 7.07. The van der Waals surface area contributed by atoms with Crippen LogP contribution in [0.5, 0.6) is 0 Å². The molecule has 2 aliphatic rings. The molecule has 1 saturated carbocycles. The van der Waals surface area contributed by atoms with Crippen LogP contribution in [0.2, 0.25) is 0 Å². The summed E-state index contributed by atoms with van der Waals surface area (Å²) in [5, 5.41) is 0. The Kier molecular flexibility index (Phi) is 6.45. The number of ketones is 1. The second-order valence-electron chi connectivity index (χ2n) is 7.96. The van der Waals surface area contributed by atoms with Crippen molar-refractivity contribution >= 4 is 17.7 Å². The standard InChI is InChI=1S/C22H30O5/c1-7-8-9-10-15-14(3)18(12-17(15)23)27-21(25)19-16(22(19,4)5)11-13(2)20(24)26-6/h8-9,11,16,18-19H,7,10,12H2,1-6H3/b9-8+,13-11+/t16-,18-,19+/m1/s1. The molecule has 2 aliphatic carbocycles. The van der Waals surface area contributed by atoms with Crippen molar-refractivity contribution in [3.63, 3.8) is 0 Å². The van der Waals surface area contributed by atoms with Crippen LogP contribution in [0.4, 0.5) is 0 Å². The zero-order valence-corrected chi connectivity index (χ0v) is 17.1. The van der Waals surface area contributed by atoms with Gasteiger partial charge in [-0.2, -0.15) is 0 Å². The molecule has 5 heteroatoms. The van der Waals surface area contributed by atoms with Crippen LogP contribution in [0.1, 0.15) is 53.9 Å². The number of hydrogen-bond acceptors (Lipinski definition) is 5. The number of carbonyl (C=O) groups is 3. The fraction of sp³-hybridized carbons (Fsp3) is 0.591. The number of methoxy groups -OCH3 is 1. The minimum Gasteiger partial charge on any atom is -0.466 e. The molecule has 0 aromatic carbocycles. The van der Waals surface area contributed by atoms with Crippen LogP contribution in [0.15, 0.2) is 34.9 Å². The van der Waals surface area contributed by atoms with Crippen molar-refractivity contribution in [1.82, 2.24) is 0 Å². The zero-order valence-electron chi connectivity index (χ0n) is 17.1. The average Bonchev–Trinajstić information content (AvgIpc) is 3.05. The van der Waals surface area contributed by atoms with E-state index in [0.717, 1.165) is 17.6 Å². The highest BCUT2D eigenvalue weighted by atomic mass is 16.5. The van der Waals surface area contributed by atoms with E-state index in [1.54, 1.807) is 13.0 Å². The summed E-state index contributed by atoms with van der Waals surface area (Å²) in [6.45, 7) is 9.56. The fourth-order valence-corrected chi connectivity index (χ4v) is 3.78. The molecule has 0 saturated heterocycles. The molecule has 0 amide bonds. The SMILES string of the molecule is CC/C=C/CC1=C(C)[C@H](OC(=O)[C@@H]2[C@@H](/C=C(\C)C(=O)OC)C2(C)C)CC1=O. The molecule has 5 nitrogen and oxygen atoms in total. The zero-order chi connectivity index (χ0) is 20.4. The molecule has 148 valence electrons. The minimum atomic E-state index is -0.474. The summed E-state index contributed by atoms with van der Waals surface area (Å²) in [7, 11) is 1.34. The molecule has 0 bridgehead atoms. The Morgan fingerprint density at radius 3 is 2.52 bits per heavy atom. The molecule has 0 aromatic rings. The van der Waals surface area contributed by atoms with Gasteiger partial charge >= 0.3 is 11.9 Å². The summed E-state index contributed by atoms with van der Waals surface area (Å²) in [5.74, 6) is -1.03. The summed E-state index contributed by atoms with van der Waals surface area (Å²) < 4.78 is 10.4. The van der Waals surface area contributed by atoms with Crippen LogP contribution in [0.3, 0.4) is 0 Å². The third kappa shape index (κ3) is 4.40. The maximum Gasteiger partial charge on any atom is 0.333 e. The minimum absolute atomic E-state index is 0.0547. The monoisotopic (exact) mass is 374 g/mol. The first-order valence-corrected chi connectivity index (χ1v) is 9.50. The highest BCUT2D eigenvalue weighted by molar-refractivity contribution is 6.00. The van der Waals surface area contributed by atoms with Crippen LogP contribution in [-0.4, -0.2) is 30.9 Å². The molecule has 2 rings (SSSR count). The van der Waals surface area contributed by atoms with Crippen LogP contribution in [-0.2, 0) is 23.9 Å². The van der Waals surface area contributed by atoms with Gasteiger partial charge in [0.1, 0.15) is 6.10 Å². The lowest BCUT2D eigenvalue weighted by Crippen LogP contribution is -2.20. The van der Waals surface area contributed by atoms with E-state index in [4.69, 9.17) is 9.47 Å². The number of ether oxygens (including phenoxy) is 2. The van der Waals surface area contributed by atoms with Crippen molar-refractivity contribution in [3.8, 4) is 0 Å². The Labute approximate surface area is 161 Å². The maximum absolute atomic E-state index is 12.7. The van der Waals surface area contributed by atoms with E-state index < -0.39 is 12.1 Å². The van der Waals surface area contributed by atoms with Gasteiger partial charge in [-0.15, -0.1) is 0 Å². The van der Waals surface area contributed by atoms with Crippen LogP contribution in [0, 0.1) is 17.3 Å². The Bertz CT molecular complexity index is 723. The van der Waals surface area contributed by atoms with Crippen LogP contribution >= 0.6 is 0 Å². The van der Waals surface area contributed by atoms with Gasteiger partial charge in [0, 0.05) is 11.1 Å². The molecule has 0 unspecified atom stereocenters. The molecule has 0 aromatic heterocycles. The Balaban J connectivity index is 2.06. The predicted molar refractivity (Wildman–Crippen MR) is 103 cm³/mol. The molecular weight excluding hydrogens is 344 g/mol. The molecule has 0 spiro atoms. The molecule has 1 fully saturated rings. The van der Waals surface area contributed by atoms with Gasteiger partial charge in [-0.1, -0.05) is 39.0 Å². The van der Waals surface area contributed by atoms with Gasteiger partial charge in [0.05, 0.1) is 19.4 Å². The highest BCUT2D eigenvalue weighted by Crippen LogP contribution is 2.60. The van der Waals surface area contributed by atoms with Crippen molar-refractivity contribution in [1.29, 1.82) is 0 Å². The van der Waals surface area contributed by atoms with Crippen LogP contribution < -0.4 is 0 Å². The second kappa shape index (κ2) is 8.24. The first-order valence-electron chi connectivity index (χ1n) is 9.50. The van der Waals surface area contributed by atoms with E-state index in [9.17, 15) is 14.4 Å². The normalized spacial score (nSPS) is 27.3. The summed E-state index contributed by atoms with van der Waals surface area (Å²) >= 11 is 0. The number of allylic oxidation sites excluding steroid dienone is 4. The van der Waals surface area contributed by atoms with E-state index >= 15 is 0 Å². The lowest BCUT2D eigenvalue weighted by molar-refractivity contribution is -0.150. The third-order valence-corrected chi connectivity index (χ3v) is 5.75. The molecule has 0 N–H and O–H groups in total. The number of esters is 2. The Morgan fingerprint density at radius 2 is 1.93 bits per heavy atom. The van der Waals surface area contributed by atoms with Gasteiger partial charge in [-0.25, -0.2) is 4.79 Å². The maximum atomic E-state index is 12.7. The van der Waals surface area contributed by atoms with E-state index in [2.05, 4.69) is 0 Å². The van der Waals surface area contributed by atoms with Gasteiger partial charge in [0.25, 0.3) is 0 Å². The quantitative estimate of drug-likeness (QED) is 0.384. The molecule has 27 heavy (non-hydrogen) atoms. The van der Waals surface area contributed by atoms with Crippen molar-refractivity contribution < 1.29 is 23.9 Å². The van der Waals surface area contributed by atoms with E-state index in [1.165, 1.54) is 7.11 Å². The number of hydrogen-bond donors (Lipinski definition) is 0. The van der Waals surface area contributed by atoms with Gasteiger partial charge in [0.15, 0.2) is 5.78 Å². The molecule has 0 radical (unpaired) electrons. The third-order valence-electron chi connectivity index (χ3n) is 5.75. The lowest BCUT2D eigenvalue weighted by Gasteiger charge is -2.13. The van der Waals surface area contributed by atoms with Crippen molar-refractivity contribution in [3.05, 3.63) is 34.9 Å². The summed E-state index contributed by atoms with van der Waals surface area (Å²) in [4.78, 5) is 36.6. The summed E-state index contributed by atoms with van der Waals surface area (Å²) in [6, 6.07) is 0. The molecular formula is C22H30O5. The predicted octanol–water partition coefficient (Wildman–Crippen LogP) is 3.94. The van der Waals surface area contributed by atoms with E-state index in [-0.39, 0.29) is 35.4 Å². The Hall–Kier alpha value is -2.17. The number of Topliss-reactive ketones (excluding diaryl/α,β-unsaturated/α-hetero) is 1. The number of carbonyl (C=O) groups excluding carboxylic acids is 3. The van der Waals surface area contributed by atoms with Crippen molar-refractivity contribution in [2.75, 3.05) is 7.11 Å². The second-order valence-corrected chi connectivity index (χ2v) is 7.96. The first kappa shape index (κ1) is 21.1. The van der Waals surface area contributed by atoms with Gasteiger partial charge < -0.3 is 9.47 Å². The molecule has 0 heterocycles. The fourth-order valence-electron chi connectivity index (χ4n) is 3.78.